The van der Waals surface area contributed by atoms with Crippen LogP contribution in [0, 0.1) is 0 Å². The van der Waals surface area contributed by atoms with E-state index in [1.807, 2.05) is 24.3 Å². The fraction of sp³-hybridized carbons (Fsp3) is 0.235. The lowest BCUT2D eigenvalue weighted by Crippen LogP contribution is -2.27. The van der Waals surface area contributed by atoms with E-state index in [1.54, 1.807) is 24.3 Å². The summed E-state index contributed by atoms with van der Waals surface area (Å²) in [6.07, 6.45) is 1.85. The normalized spacial score (nSPS) is 15.1. The Hall–Kier alpha value is -1.48. The first kappa shape index (κ1) is 18.3. The average molecular weight is 440 g/mol. The first-order valence-electron chi connectivity index (χ1n) is 7.89. The van der Waals surface area contributed by atoms with Gasteiger partial charge in [-0.1, -0.05) is 15.9 Å². The van der Waals surface area contributed by atoms with Crippen molar-refractivity contribution in [2.45, 2.75) is 17.7 Å². The van der Waals surface area contributed by atoms with Crippen LogP contribution in [0.5, 0.6) is 0 Å². The molecule has 0 amide bonds. The quantitative estimate of drug-likeness (QED) is 0.703. The molecule has 1 aliphatic heterocycles. The van der Waals surface area contributed by atoms with Crippen LogP contribution < -0.4 is 10.6 Å². The van der Waals surface area contributed by atoms with Crippen molar-refractivity contribution in [1.82, 2.24) is 4.31 Å². The van der Waals surface area contributed by atoms with Gasteiger partial charge in [0.1, 0.15) is 0 Å². The molecule has 0 aromatic heterocycles. The third kappa shape index (κ3) is 4.58. The number of benzene rings is 2. The smallest absolute Gasteiger partial charge is 0.243 e. The molecule has 1 heterocycles. The fourth-order valence-electron chi connectivity index (χ4n) is 2.61. The van der Waals surface area contributed by atoms with Crippen molar-refractivity contribution in [3.8, 4) is 0 Å². The van der Waals surface area contributed by atoms with E-state index in [0.29, 0.717) is 23.1 Å². The van der Waals surface area contributed by atoms with E-state index in [9.17, 15) is 8.42 Å². The van der Waals surface area contributed by atoms with Crippen molar-refractivity contribution in [2.75, 3.05) is 23.7 Å². The van der Waals surface area contributed by atoms with Crippen LogP contribution in [-0.2, 0) is 10.0 Å². The standard InChI is InChI=1S/C17H18BrN3O2S2/c18-13-3-5-14(6-4-13)19-17(24)20-15-7-9-16(10-8-15)25(22,23)21-11-1-2-12-21/h3-10H,1-2,11-12H2,(H2,19,20,24). The summed E-state index contributed by atoms with van der Waals surface area (Å²) in [6.45, 7) is 1.20. The van der Waals surface area contributed by atoms with Gasteiger partial charge in [0.15, 0.2) is 5.11 Å². The molecule has 8 heteroatoms. The topological polar surface area (TPSA) is 61.4 Å². The summed E-state index contributed by atoms with van der Waals surface area (Å²) in [5.74, 6) is 0. The zero-order valence-electron chi connectivity index (χ0n) is 13.4. The first-order valence-corrected chi connectivity index (χ1v) is 10.5. The molecule has 1 saturated heterocycles. The monoisotopic (exact) mass is 439 g/mol. The molecule has 5 nitrogen and oxygen atoms in total. The van der Waals surface area contributed by atoms with E-state index < -0.39 is 10.0 Å². The van der Waals surface area contributed by atoms with E-state index >= 15 is 0 Å². The van der Waals surface area contributed by atoms with Crippen LogP contribution in [0.3, 0.4) is 0 Å². The van der Waals surface area contributed by atoms with Crippen LogP contribution in [0.15, 0.2) is 57.9 Å². The molecule has 2 aromatic carbocycles. The Morgan fingerprint density at radius 3 is 1.92 bits per heavy atom. The van der Waals surface area contributed by atoms with Gasteiger partial charge in [-0.05, 0) is 73.6 Å². The number of rotatable bonds is 4. The highest BCUT2D eigenvalue weighted by atomic mass is 79.9. The van der Waals surface area contributed by atoms with Gasteiger partial charge >= 0.3 is 0 Å². The predicted octanol–water partition coefficient (Wildman–Crippen LogP) is 4.04. The molecule has 25 heavy (non-hydrogen) atoms. The minimum atomic E-state index is -3.38. The van der Waals surface area contributed by atoms with Crippen LogP contribution in [0.1, 0.15) is 12.8 Å². The molecular formula is C17H18BrN3O2S2. The molecule has 0 aliphatic carbocycles. The number of nitrogens with zero attached hydrogens (tertiary/aromatic N) is 1. The van der Waals surface area contributed by atoms with E-state index in [2.05, 4.69) is 26.6 Å². The second kappa shape index (κ2) is 7.82. The Morgan fingerprint density at radius 2 is 1.40 bits per heavy atom. The van der Waals surface area contributed by atoms with Gasteiger partial charge in [0.2, 0.25) is 10.0 Å². The maximum atomic E-state index is 12.5. The predicted molar refractivity (Wildman–Crippen MR) is 108 cm³/mol. The Morgan fingerprint density at radius 1 is 0.920 bits per heavy atom. The molecule has 0 saturated carbocycles. The lowest BCUT2D eigenvalue weighted by atomic mass is 10.3. The second-order valence-corrected chi connectivity index (χ2v) is 8.98. The third-order valence-electron chi connectivity index (χ3n) is 3.92. The van der Waals surface area contributed by atoms with Crippen molar-refractivity contribution in [2.24, 2.45) is 0 Å². The summed E-state index contributed by atoms with van der Waals surface area (Å²) in [6, 6.07) is 14.3. The highest BCUT2D eigenvalue weighted by Crippen LogP contribution is 2.22. The summed E-state index contributed by atoms with van der Waals surface area (Å²) in [7, 11) is -3.38. The number of sulfonamides is 1. The second-order valence-electron chi connectivity index (χ2n) is 5.72. The Bertz CT molecular complexity index is 846. The fourth-order valence-corrected chi connectivity index (χ4v) is 4.63. The molecule has 2 aromatic rings. The first-order chi connectivity index (χ1) is 11.9. The molecule has 1 aliphatic rings. The van der Waals surface area contributed by atoms with Gasteiger partial charge in [0.05, 0.1) is 4.90 Å². The Kier molecular flexibility index (Phi) is 5.73. The SMILES string of the molecule is O=S(=O)(c1ccc(NC(=S)Nc2ccc(Br)cc2)cc1)N1CCCC1. The van der Waals surface area contributed by atoms with Crippen LogP contribution in [0.2, 0.25) is 0 Å². The molecule has 2 N–H and O–H groups in total. The van der Waals surface area contributed by atoms with E-state index in [0.717, 1.165) is 28.7 Å². The highest BCUT2D eigenvalue weighted by molar-refractivity contribution is 9.10. The average Bonchev–Trinajstić information content (AvgIpc) is 3.13. The summed E-state index contributed by atoms with van der Waals surface area (Å²) >= 11 is 8.67. The van der Waals surface area contributed by atoms with Crippen LogP contribution in [-0.4, -0.2) is 30.9 Å². The number of thiocarbonyl (C=S) groups is 1. The van der Waals surface area contributed by atoms with Gasteiger partial charge in [0, 0.05) is 28.9 Å². The maximum Gasteiger partial charge on any atom is 0.243 e. The summed E-state index contributed by atoms with van der Waals surface area (Å²) in [4.78, 5) is 0.312. The molecule has 0 atom stereocenters. The number of anilines is 2. The molecular weight excluding hydrogens is 422 g/mol. The van der Waals surface area contributed by atoms with Gasteiger partial charge in [-0.3, -0.25) is 0 Å². The molecule has 0 radical (unpaired) electrons. The van der Waals surface area contributed by atoms with Crippen molar-refractivity contribution in [3.05, 3.63) is 53.0 Å². The Labute approximate surface area is 161 Å². The Balaban J connectivity index is 1.64. The van der Waals surface area contributed by atoms with Crippen molar-refractivity contribution >= 4 is 54.7 Å². The lowest BCUT2D eigenvalue weighted by Gasteiger charge is -2.16. The molecule has 0 unspecified atom stereocenters. The maximum absolute atomic E-state index is 12.5. The number of nitrogens with one attached hydrogen (secondary N) is 2. The van der Waals surface area contributed by atoms with E-state index in [4.69, 9.17) is 12.2 Å². The molecule has 1 fully saturated rings. The zero-order chi connectivity index (χ0) is 17.9. The van der Waals surface area contributed by atoms with Crippen molar-refractivity contribution in [3.63, 3.8) is 0 Å². The van der Waals surface area contributed by atoms with Crippen LogP contribution in [0.4, 0.5) is 11.4 Å². The van der Waals surface area contributed by atoms with Gasteiger partial charge < -0.3 is 10.6 Å². The summed E-state index contributed by atoms with van der Waals surface area (Å²) < 4.78 is 27.5. The summed E-state index contributed by atoms with van der Waals surface area (Å²) in [5.41, 5.74) is 1.60. The van der Waals surface area contributed by atoms with Crippen LogP contribution >= 0.6 is 28.1 Å². The van der Waals surface area contributed by atoms with Gasteiger partial charge in [-0.25, -0.2) is 8.42 Å². The van der Waals surface area contributed by atoms with E-state index in [-0.39, 0.29) is 0 Å². The zero-order valence-corrected chi connectivity index (χ0v) is 16.6. The lowest BCUT2D eigenvalue weighted by molar-refractivity contribution is 0.477. The number of halogens is 1. The minimum absolute atomic E-state index is 0.312. The molecule has 132 valence electrons. The van der Waals surface area contributed by atoms with E-state index in [1.165, 1.54) is 4.31 Å². The highest BCUT2D eigenvalue weighted by Gasteiger charge is 2.26. The minimum Gasteiger partial charge on any atom is -0.332 e. The van der Waals surface area contributed by atoms with Crippen molar-refractivity contribution < 1.29 is 8.42 Å². The number of hydrogen-bond donors (Lipinski definition) is 2. The summed E-state index contributed by atoms with van der Waals surface area (Å²) in [5, 5.41) is 6.58. The van der Waals surface area contributed by atoms with Crippen molar-refractivity contribution in [1.29, 1.82) is 0 Å². The molecule has 3 rings (SSSR count). The van der Waals surface area contributed by atoms with Crippen LogP contribution in [0.25, 0.3) is 0 Å². The van der Waals surface area contributed by atoms with Gasteiger partial charge in [-0.15, -0.1) is 0 Å². The molecule has 0 bridgehead atoms. The van der Waals surface area contributed by atoms with Gasteiger partial charge in [0.25, 0.3) is 0 Å². The third-order valence-corrected chi connectivity index (χ3v) is 6.56. The molecule has 0 spiro atoms. The largest absolute Gasteiger partial charge is 0.332 e. The number of hydrogen-bond acceptors (Lipinski definition) is 3. The van der Waals surface area contributed by atoms with Gasteiger partial charge in [-0.2, -0.15) is 4.31 Å².